The van der Waals surface area contributed by atoms with Crippen LogP contribution < -0.4 is 10.1 Å². The van der Waals surface area contributed by atoms with Crippen molar-refractivity contribution in [3.8, 4) is 5.75 Å². The summed E-state index contributed by atoms with van der Waals surface area (Å²) in [7, 11) is 0. The molecule has 132 valence electrons. The van der Waals surface area contributed by atoms with Crippen LogP contribution in [0.4, 0.5) is 5.69 Å². The molecule has 4 heteroatoms. The van der Waals surface area contributed by atoms with Gasteiger partial charge in [0.05, 0.1) is 0 Å². The van der Waals surface area contributed by atoms with Gasteiger partial charge in [0, 0.05) is 11.3 Å². The molecule has 0 aliphatic heterocycles. The first kappa shape index (κ1) is 18.7. The molecule has 0 aliphatic rings. The maximum absolute atomic E-state index is 12.3. The standard InChI is InChI=1S/C21H25NO3/c1-5-14(2)17-9-11-20(12-10-17)25-16(4)21(24)22-19-8-6-7-18(13-19)15(3)23/h6-14,16H,5H2,1-4H3,(H,22,24). The molecule has 2 aromatic carbocycles. The van der Waals surface area contributed by atoms with Crippen LogP contribution in [-0.4, -0.2) is 17.8 Å². The van der Waals surface area contributed by atoms with Gasteiger partial charge in [0.2, 0.25) is 0 Å². The minimum Gasteiger partial charge on any atom is -0.481 e. The maximum atomic E-state index is 12.3. The van der Waals surface area contributed by atoms with Gasteiger partial charge >= 0.3 is 0 Å². The number of hydrogen-bond donors (Lipinski definition) is 1. The molecule has 25 heavy (non-hydrogen) atoms. The summed E-state index contributed by atoms with van der Waals surface area (Å²) >= 11 is 0. The van der Waals surface area contributed by atoms with E-state index in [9.17, 15) is 9.59 Å². The molecular formula is C21H25NO3. The minimum absolute atomic E-state index is 0.0400. The Morgan fingerprint density at radius 2 is 1.76 bits per heavy atom. The van der Waals surface area contributed by atoms with Gasteiger partial charge in [-0.2, -0.15) is 0 Å². The first-order valence-corrected chi connectivity index (χ1v) is 8.59. The third-order valence-electron chi connectivity index (χ3n) is 4.28. The number of nitrogens with one attached hydrogen (secondary N) is 1. The zero-order valence-electron chi connectivity index (χ0n) is 15.2. The number of ether oxygens (including phenoxy) is 1. The highest BCUT2D eigenvalue weighted by molar-refractivity contribution is 5.98. The normalized spacial score (nSPS) is 13.0. The van der Waals surface area contributed by atoms with Gasteiger partial charge in [-0.1, -0.05) is 38.1 Å². The SMILES string of the molecule is CCC(C)c1ccc(OC(C)C(=O)Nc2cccc(C(C)=O)c2)cc1. The van der Waals surface area contributed by atoms with Crippen LogP contribution in [0.5, 0.6) is 5.75 Å². The fraction of sp³-hybridized carbons (Fsp3) is 0.333. The third kappa shape index (κ3) is 5.18. The van der Waals surface area contributed by atoms with E-state index in [1.807, 2.05) is 24.3 Å². The second-order valence-electron chi connectivity index (χ2n) is 6.26. The number of carbonyl (C=O) groups excluding carboxylic acids is 2. The number of carbonyl (C=O) groups is 2. The lowest BCUT2D eigenvalue weighted by Gasteiger charge is -2.16. The molecule has 2 rings (SSSR count). The summed E-state index contributed by atoms with van der Waals surface area (Å²) < 4.78 is 5.72. The van der Waals surface area contributed by atoms with E-state index in [4.69, 9.17) is 4.74 Å². The topological polar surface area (TPSA) is 55.4 Å². The number of benzene rings is 2. The molecule has 0 saturated carbocycles. The Kier molecular flexibility index (Phi) is 6.34. The number of Topliss-reactive ketones (excluding diaryl/α,β-unsaturated/α-hetero) is 1. The molecule has 0 fully saturated rings. The Hall–Kier alpha value is -2.62. The molecule has 0 bridgehead atoms. The molecule has 0 heterocycles. The van der Waals surface area contributed by atoms with Crippen molar-refractivity contribution in [3.63, 3.8) is 0 Å². The zero-order chi connectivity index (χ0) is 18.4. The summed E-state index contributed by atoms with van der Waals surface area (Å²) in [4.78, 5) is 23.7. The monoisotopic (exact) mass is 339 g/mol. The summed E-state index contributed by atoms with van der Waals surface area (Å²) in [5.41, 5.74) is 2.40. The maximum Gasteiger partial charge on any atom is 0.265 e. The fourth-order valence-electron chi connectivity index (χ4n) is 2.43. The van der Waals surface area contributed by atoms with Crippen molar-refractivity contribution >= 4 is 17.4 Å². The van der Waals surface area contributed by atoms with Gasteiger partial charge in [-0.05, 0) is 56.0 Å². The minimum atomic E-state index is -0.643. The molecular weight excluding hydrogens is 314 g/mol. The van der Waals surface area contributed by atoms with E-state index in [1.165, 1.54) is 12.5 Å². The first-order chi connectivity index (χ1) is 11.9. The number of hydrogen-bond acceptors (Lipinski definition) is 3. The highest BCUT2D eigenvalue weighted by atomic mass is 16.5. The largest absolute Gasteiger partial charge is 0.481 e. The Morgan fingerprint density at radius 3 is 2.36 bits per heavy atom. The average molecular weight is 339 g/mol. The van der Waals surface area contributed by atoms with E-state index in [1.54, 1.807) is 31.2 Å². The van der Waals surface area contributed by atoms with Crippen LogP contribution >= 0.6 is 0 Å². The Balaban J connectivity index is 1.98. The smallest absolute Gasteiger partial charge is 0.265 e. The lowest BCUT2D eigenvalue weighted by molar-refractivity contribution is -0.122. The van der Waals surface area contributed by atoms with Crippen molar-refractivity contribution in [1.82, 2.24) is 0 Å². The molecule has 1 N–H and O–H groups in total. The predicted molar refractivity (Wildman–Crippen MR) is 100 cm³/mol. The number of anilines is 1. The Morgan fingerprint density at radius 1 is 1.08 bits per heavy atom. The van der Waals surface area contributed by atoms with Crippen molar-refractivity contribution in [1.29, 1.82) is 0 Å². The summed E-state index contributed by atoms with van der Waals surface area (Å²) in [6.07, 6.45) is 0.439. The van der Waals surface area contributed by atoms with E-state index < -0.39 is 6.10 Å². The highest BCUT2D eigenvalue weighted by Gasteiger charge is 2.15. The van der Waals surface area contributed by atoms with Gasteiger partial charge in [0.1, 0.15) is 5.75 Å². The Bertz CT molecular complexity index is 737. The summed E-state index contributed by atoms with van der Waals surface area (Å²) in [6, 6.07) is 14.7. The van der Waals surface area contributed by atoms with Crippen LogP contribution in [0, 0.1) is 0 Å². The van der Waals surface area contributed by atoms with Crippen molar-refractivity contribution in [2.75, 3.05) is 5.32 Å². The van der Waals surface area contributed by atoms with Gasteiger partial charge in [0.15, 0.2) is 11.9 Å². The highest BCUT2D eigenvalue weighted by Crippen LogP contribution is 2.22. The average Bonchev–Trinajstić information content (AvgIpc) is 2.61. The molecule has 2 atom stereocenters. The third-order valence-corrected chi connectivity index (χ3v) is 4.28. The quantitative estimate of drug-likeness (QED) is 0.737. The zero-order valence-corrected chi connectivity index (χ0v) is 15.2. The first-order valence-electron chi connectivity index (χ1n) is 8.59. The van der Waals surface area contributed by atoms with E-state index in [-0.39, 0.29) is 11.7 Å². The van der Waals surface area contributed by atoms with Crippen molar-refractivity contribution in [2.24, 2.45) is 0 Å². The van der Waals surface area contributed by atoms with Gasteiger partial charge in [0.25, 0.3) is 5.91 Å². The van der Waals surface area contributed by atoms with Crippen molar-refractivity contribution < 1.29 is 14.3 Å². The van der Waals surface area contributed by atoms with E-state index >= 15 is 0 Å². The number of amides is 1. The van der Waals surface area contributed by atoms with Crippen LogP contribution in [-0.2, 0) is 4.79 Å². The molecule has 4 nitrogen and oxygen atoms in total. The summed E-state index contributed by atoms with van der Waals surface area (Å²) in [6.45, 7) is 7.53. The lowest BCUT2D eigenvalue weighted by Crippen LogP contribution is -2.30. The summed E-state index contributed by atoms with van der Waals surface area (Å²) in [5.74, 6) is 0.865. The lowest BCUT2D eigenvalue weighted by atomic mass is 9.99. The molecule has 0 spiro atoms. The Labute approximate surface area is 149 Å². The van der Waals surface area contributed by atoms with Crippen LogP contribution in [0.1, 0.15) is 56.0 Å². The van der Waals surface area contributed by atoms with Gasteiger partial charge in [-0.15, -0.1) is 0 Å². The fourth-order valence-corrected chi connectivity index (χ4v) is 2.43. The second kappa shape index (κ2) is 8.47. The van der Waals surface area contributed by atoms with E-state index in [0.29, 0.717) is 22.9 Å². The molecule has 2 aromatic rings. The number of rotatable bonds is 7. The summed E-state index contributed by atoms with van der Waals surface area (Å²) in [5, 5.41) is 2.78. The molecule has 0 aromatic heterocycles. The molecule has 0 aliphatic carbocycles. The molecule has 2 unspecified atom stereocenters. The van der Waals surface area contributed by atoms with Crippen molar-refractivity contribution in [2.45, 2.75) is 46.1 Å². The molecule has 1 amide bonds. The van der Waals surface area contributed by atoms with Crippen LogP contribution in [0.2, 0.25) is 0 Å². The number of ketones is 1. The predicted octanol–water partition coefficient (Wildman–Crippen LogP) is 4.81. The van der Waals surface area contributed by atoms with E-state index in [0.717, 1.165) is 6.42 Å². The van der Waals surface area contributed by atoms with Crippen LogP contribution in [0.3, 0.4) is 0 Å². The van der Waals surface area contributed by atoms with E-state index in [2.05, 4.69) is 19.2 Å². The second-order valence-corrected chi connectivity index (χ2v) is 6.26. The van der Waals surface area contributed by atoms with Crippen LogP contribution in [0.25, 0.3) is 0 Å². The molecule has 0 saturated heterocycles. The molecule has 0 radical (unpaired) electrons. The van der Waals surface area contributed by atoms with Gasteiger partial charge in [-0.25, -0.2) is 0 Å². The van der Waals surface area contributed by atoms with Crippen molar-refractivity contribution in [3.05, 3.63) is 59.7 Å². The van der Waals surface area contributed by atoms with Gasteiger partial charge in [-0.3, -0.25) is 9.59 Å². The van der Waals surface area contributed by atoms with Gasteiger partial charge < -0.3 is 10.1 Å². The van der Waals surface area contributed by atoms with Crippen LogP contribution in [0.15, 0.2) is 48.5 Å².